The summed E-state index contributed by atoms with van der Waals surface area (Å²) in [4.78, 5) is 21.4. The van der Waals surface area contributed by atoms with Crippen molar-refractivity contribution in [3.05, 3.63) is 420 Å². The molecule has 0 radical (unpaired) electrons. The van der Waals surface area contributed by atoms with Gasteiger partial charge >= 0.3 is 0 Å². The van der Waals surface area contributed by atoms with Crippen LogP contribution in [0.2, 0.25) is 0 Å². The average molecular weight is 1390 g/mol. The van der Waals surface area contributed by atoms with Gasteiger partial charge in [0.2, 0.25) is 0 Å². The Bertz CT molecular complexity index is 6540. The van der Waals surface area contributed by atoms with Gasteiger partial charge in [-0.3, -0.25) is 0 Å². The molecule has 17 aromatic rings. The first-order valence-corrected chi connectivity index (χ1v) is 37.5. The molecular weight excluding hydrogens is 1330 g/mol. The molecule has 2 aliphatic heterocycles. The van der Waals surface area contributed by atoms with Crippen molar-refractivity contribution in [2.24, 2.45) is 0 Å². The zero-order valence-electron chi connectivity index (χ0n) is 59.7. The lowest BCUT2D eigenvalue weighted by atomic mass is 9.65. The van der Waals surface area contributed by atoms with Gasteiger partial charge in [-0.05, 0) is 125 Å². The van der Waals surface area contributed by atoms with Crippen LogP contribution in [0.1, 0.15) is 69.5 Å². The van der Waals surface area contributed by atoms with Crippen LogP contribution in [0.4, 0.5) is 0 Å². The van der Waals surface area contributed by atoms with Gasteiger partial charge in [-0.15, -0.1) is 0 Å². The minimum absolute atomic E-state index is 0.373. The highest BCUT2D eigenvalue weighted by Crippen LogP contribution is 2.67. The number of rotatable bonds is 9. The van der Waals surface area contributed by atoms with Crippen LogP contribution in [0.5, 0.6) is 23.0 Å². The fourth-order valence-electron chi connectivity index (χ4n) is 18.9. The molecule has 0 saturated carbocycles. The van der Waals surface area contributed by atoms with E-state index in [0.29, 0.717) is 11.6 Å². The number of ether oxygens (including phenoxy) is 2. The zero-order valence-corrected chi connectivity index (χ0v) is 59.7. The van der Waals surface area contributed by atoms with Crippen molar-refractivity contribution in [1.29, 1.82) is 0 Å². The topological polar surface area (TPSA) is 70.0 Å². The third kappa shape index (κ3) is 9.22. The monoisotopic (exact) mass is 1390 g/mol. The highest BCUT2D eigenvalue weighted by molar-refractivity contribution is 6.03. The van der Waals surface area contributed by atoms with Gasteiger partial charge in [0.25, 0.3) is 0 Å². The maximum Gasteiger partial charge on any atom is 0.160 e. The fraction of sp³-hybridized carbons (Fsp3) is 0.0485. The van der Waals surface area contributed by atoms with Crippen molar-refractivity contribution < 1.29 is 9.47 Å². The number of aromatic nitrogens is 4. The normalized spacial score (nSPS) is 14.8. The quantitative estimate of drug-likeness (QED) is 0.143. The second kappa shape index (κ2) is 24.0. The molecule has 3 aliphatic carbocycles. The molecule has 6 nitrogen and oxygen atoms in total. The van der Waals surface area contributed by atoms with Gasteiger partial charge < -0.3 is 9.47 Å². The third-order valence-electron chi connectivity index (χ3n) is 23.7. The second-order valence-electron chi connectivity index (χ2n) is 29.7. The van der Waals surface area contributed by atoms with Crippen molar-refractivity contribution >= 4 is 0 Å². The molecule has 0 amide bonds. The smallest absolute Gasteiger partial charge is 0.160 e. The molecule has 0 fully saturated rings. The first kappa shape index (κ1) is 62.4. The van der Waals surface area contributed by atoms with Crippen LogP contribution < -0.4 is 9.47 Å². The van der Waals surface area contributed by atoms with E-state index in [9.17, 15) is 0 Å². The van der Waals surface area contributed by atoms with E-state index in [1.807, 2.05) is 12.1 Å². The Hall–Kier alpha value is -13.9. The molecule has 15 aromatic carbocycles. The fourth-order valence-corrected chi connectivity index (χ4v) is 18.9. The van der Waals surface area contributed by atoms with E-state index in [2.05, 4.69) is 366 Å². The molecule has 0 saturated heterocycles. The molecule has 510 valence electrons. The second-order valence-corrected chi connectivity index (χ2v) is 29.7. The molecule has 1 atom stereocenters. The van der Waals surface area contributed by atoms with Gasteiger partial charge in [-0.1, -0.05) is 341 Å². The Morgan fingerprint density at radius 1 is 0.202 bits per heavy atom. The standard InChI is InChI=1S/C103H66N4O2/c1-101(2)84-47-25-40-75(76-41-26-48-85-96(76)77-37-14-17-44-81(77)103(85)83-46-19-21-52-94(83)109-98-72(39-24-50-87(98)103)68-33-22-34-70(59-68)100-105-89(64-27-6-3-7-28-64)61-90(106-100)65-29-8-4-9-30-65)95(84)78-58-57-69(60-88(78)101)92-62-91(66-31-10-5-11-32-66)104-99(107-92)67-55-53-63(54-56-67)71-38-23-49-86-97(71)108-93-51-20-18-45-82(93)102(86)79-42-15-12-35-73(79)74-36-13-16-43-80(74)102/h3-62H,1-2H3. The first-order valence-electron chi connectivity index (χ1n) is 37.5. The lowest BCUT2D eigenvalue weighted by Crippen LogP contribution is -2.32. The van der Waals surface area contributed by atoms with Gasteiger partial charge in [-0.2, -0.15) is 0 Å². The SMILES string of the molecule is CC1(C)c2cc(-c3cc(-c4ccccc4)nc(-c4ccc(-c5cccc6c5Oc5ccccc5C65c6ccccc6-c6ccccc65)cc4)n3)ccc2-c2c(-c3cccc4c3-c3ccccc3C43c4ccccc4Oc4c(-c5cccc(-c6nc(-c7ccccc7)cc(-c7ccccc7)n6)c5)cccc43)cccc21. The van der Waals surface area contributed by atoms with Crippen LogP contribution >= 0.6 is 0 Å². The van der Waals surface area contributed by atoms with Crippen LogP contribution in [0, 0.1) is 0 Å². The summed E-state index contributed by atoms with van der Waals surface area (Å²) < 4.78 is 14.5. The molecule has 4 heterocycles. The average Bonchev–Trinajstić information content (AvgIpc) is 1.54. The Balaban J connectivity index is 0.644. The summed E-state index contributed by atoms with van der Waals surface area (Å²) in [7, 11) is 0. The van der Waals surface area contributed by atoms with Crippen molar-refractivity contribution in [2.75, 3.05) is 0 Å². The summed E-state index contributed by atoms with van der Waals surface area (Å²) in [5.74, 6) is 4.68. The van der Waals surface area contributed by atoms with Crippen molar-refractivity contribution in [2.45, 2.75) is 30.1 Å². The molecule has 2 spiro atoms. The number of fused-ring (bicyclic) bond motifs is 21. The minimum Gasteiger partial charge on any atom is -0.456 e. The lowest BCUT2D eigenvalue weighted by Gasteiger charge is -2.40. The van der Waals surface area contributed by atoms with Crippen LogP contribution in [0.25, 0.3) is 135 Å². The molecule has 109 heavy (non-hydrogen) atoms. The summed E-state index contributed by atoms with van der Waals surface area (Å²) >= 11 is 0. The highest BCUT2D eigenvalue weighted by Gasteiger charge is 2.54. The van der Waals surface area contributed by atoms with Gasteiger partial charge in [-0.25, -0.2) is 19.9 Å². The molecule has 5 aliphatic rings. The van der Waals surface area contributed by atoms with Gasteiger partial charge in [0, 0.05) is 72.2 Å². The van der Waals surface area contributed by atoms with Crippen LogP contribution in [-0.2, 0) is 16.2 Å². The van der Waals surface area contributed by atoms with Crippen molar-refractivity contribution in [3.8, 4) is 158 Å². The van der Waals surface area contributed by atoms with E-state index < -0.39 is 10.8 Å². The van der Waals surface area contributed by atoms with E-state index in [1.165, 1.54) is 77.9 Å². The molecular formula is C103H66N4O2. The number of benzene rings is 15. The summed E-state index contributed by atoms with van der Waals surface area (Å²) in [5.41, 5.74) is 33.5. The van der Waals surface area contributed by atoms with Crippen LogP contribution in [-0.4, -0.2) is 19.9 Å². The van der Waals surface area contributed by atoms with E-state index in [4.69, 9.17) is 29.4 Å². The van der Waals surface area contributed by atoms with Gasteiger partial charge in [0.05, 0.1) is 33.6 Å². The van der Waals surface area contributed by atoms with Gasteiger partial charge in [0.1, 0.15) is 23.0 Å². The Morgan fingerprint density at radius 3 is 1.08 bits per heavy atom. The highest BCUT2D eigenvalue weighted by atomic mass is 16.5. The Morgan fingerprint density at radius 2 is 0.541 bits per heavy atom. The summed E-state index contributed by atoms with van der Waals surface area (Å²) in [6, 6.07) is 131. The van der Waals surface area contributed by atoms with E-state index in [1.54, 1.807) is 0 Å². The minimum atomic E-state index is -0.747. The maximum atomic E-state index is 7.34. The Labute approximate surface area is 632 Å². The van der Waals surface area contributed by atoms with E-state index in [-0.39, 0.29) is 5.41 Å². The molecule has 0 N–H and O–H groups in total. The first-order chi connectivity index (χ1) is 53.8. The largest absolute Gasteiger partial charge is 0.456 e. The number of hydrogen-bond acceptors (Lipinski definition) is 6. The molecule has 0 bridgehead atoms. The Kier molecular flexibility index (Phi) is 13.8. The van der Waals surface area contributed by atoms with E-state index in [0.717, 1.165) is 124 Å². The summed E-state index contributed by atoms with van der Waals surface area (Å²) in [6.07, 6.45) is 0. The predicted octanol–water partition coefficient (Wildman–Crippen LogP) is 25.5. The maximum absolute atomic E-state index is 7.34. The molecule has 1 unspecified atom stereocenters. The molecule has 6 heteroatoms. The predicted molar refractivity (Wildman–Crippen MR) is 439 cm³/mol. The lowest BCUT2D eigenvalue weighted by molar-refractivity contribution is 0.438. The zero-order chi connectivity index (χ0) is 72.1. The van der Waals surface area contributed by atoms with Crippen LogP contribution in [0.3, 0.4) is 0 Å². The van der Waals surface area contributed by atoms with Crippen molar-refractivity contribution in [3.63, 3.8) is 0 Å². The van der Waals surface area contributed by atoms with Crippen molar-refractivity contribution in [1.82, 2.24) is 19.9 Å². The number of nitrogens with zero attached hydrogens (tertiary/aromatic N) is 4. The third-order valence-corrected chi connectivity index (χ3v) is 23.7. The van der Waals surface area contributed by atoms with Gasteiger partial charge in [0.15, 0.2) is 11.6 Å². The van der Waals surface area contributed by atoms with Crippen LogP contribution in [0.15, 0.2) is 364 Å². The number of hydrogen-bond donors (Lipinski definition) is 0. The number of para-hydroxylation sites is 4. The summed E-state index contributed by atoms with van der Waals surface area (Å²) in [5, 5.41) is 0. The van der Waals surface area contributed by atoms with E-state index >= 15 is 0 Å². The molecule has 2 aromatic heterocycles. The summed E-state index contributed by atoms with van der Waals surface area (Å²) in [6.45, 7) is 4.76. The molecule has 22 rings (SSSR count).